The number of aryl methyl sites for hydroxylation is 1. The number of hydrogen-bond acceptors (Lipinski definition) is 3. The quantitative estimate of drug-likeness (QED) is 0.702. The van der Waals surface area contributed by atoms with Gasteiger partial charge in [-0.05, 0) is 18.2 Å². The number of pyridine rings is 1. The SMILES string of the molecule is Cn1nc(-c2ccccc2Cl)nc1-c1cnccc1C(F)(F)F. The van der Waals surface area contributed by atoms with Gasteiger partial charge < -0.3 is 0 Å². The molecule has 0 spiro atoms. The number of rotatable bonds is 2. The molecular formula is C15H10ClF3N4. The van der Waals surface area contributed by atoms with E-state index in [0.717, 1.165) is 18.5 Å². The van der Waals surface area contributed by atoms with Gasteiger partial charge in [0.1, 0.15) is 0 Å². The molecule has 0 saturated carbocycles. The molecule has 0 amide bonds. The summed E-state index contributed by atoms with van der Waals surface area (Å²) in [4.78, 5) is 7.98. The van der Waals surface area contributed by atoms with Crippen molar-refractivity contribution < 1.29 is 13.2 Å². The molecule has 0 unspecified atom stereocenters. The molecule has 3 rings (SSSR count). The average molecular weight is 339 g/mol. The molecular weight excluding hydrogens is 329 g/mol. The van der Waals surface area contributed by atoms with Gasteiger partial charge in [-0.15, -0.1) is 0 Å². The summed E-state index contributed by atoms with van der Waals surface area (Å²) in [6.07, 6.45) is -2.28. The fourth-order valence-corrected chi connectivity index (χ4v) is 2.42. The van der Waals surface area contributed by atoms with E-state index >= 15 is 0 Å². The van der Waals surface area contributed by atoms with Gasteiger partial charge in [-0.2, -0.15) is 18.3 Å². The molecule has 0 aliphatic rings. The second-order valence-corrected chi connectivity index (χ2v) is 5.19. The van der Waals surface area contributed by atoms with Gasteiger partial charge in [-0.25, -0.2) is 9.67 Å². The number of hydrogen-bond donors (Lipinski definition) is 0. The Kier molecular flexibility index (Phi) is 3.81. The second-order valence-electron chi connectivity index (χ2n) is 4.78. The van der Waals surface area contributed by atoms with E-state index in [1.807, 2.05) is 0 Å². The molecule has 3 aromatic rings. The number of aromatic nitrogens is 4. The third-order valence-electron chi connectivity index (χ3n) is 3.25. The molecule has 23 heavy (non-hydrogen) atoms. The monoisotopic (exact) mass is 338 g/mol. The lowest BCUT2D eigenvalue weighted by atomic mass is 10.1. The Morgan fingerprint density at radius 2 is 1.83 bits per heavy atom. The van der Waals surface area contributed by atoms with Crippen molar-refractivity contribution in [3.05, 3.63) is 53.3 Å². The lowest BCUT2D eigenvalue weighted by Gasteiger charge is -2.10. The summed E-state index contributed by atoms with van der Waals surface area (Å²) in [5.41, 5.74) is -0.393. The second kappa shape index (κ2) is 5.66. The van der Waals surface area contributed by atoms with Gasteiger partial charge in [-0.3, -0.25) is 4.98 Å². The molecule has 0 radical (unpaired) electrons. The Morgan fingerprint density at radius 3 is 2.52 bits per heavy atom. The largest absolute Gasteiger partial charge is 0.417 e. The number of benzene rings is 1. The normalized spacial score (nSPS) is 11.7. The minimum atomic E-state index is -4.51. The Labute approximate surface area is 134 Å². The maximum absolute atomic E-state index is 13.2. The molecule has 8 heteroatoms. The Bertz CT molecular complexity index is 858. The zero-order valence-corrected chi connectivity index (χ0v) is 12.6. The topological polar surface area (TPSA) is 43.6 Å². The summed E-state index contributed by atoms with van der Waals surface area (Å²) in [5, 5.41) is 4.59. The molecule has 4 nitrogen and oxygen atoms in total. The van der Waals surface area contributed by atoms with Gasteiger partial charge in [0.15, 0.2) is 11.6 Å². The van der Waals surface area contributed by atoms with Crippen molar-refractivity contribution in [2.24, 2.45) is 7.05 Å². The van der Waals surface area contributed by atoms with Crippen LogP contribution in [0.5, 0.6) is 0 Å². The van der Waals surface area contributed by atoms with Crippen molar-refractivity contribution in [2.75, 3.05) is 0 Å². The Morgan fingerprint density at radius 1 is 1.09 bits per heavy atom. The van der Waals surface area contributed by atoms with Gasteiger partial charge in [0.2, 0.25) is 0 Å². The maximum atomic E-state index is 13.2. The number of alkyl halides is 3. The minimum absolute atomic E-state index is 0.0698. The zero-order chi connectivity index (χ0) is 16.6. The summed E-state index contributed by atoms with van der Waals surface area (Å²) >= 11 is 6.09. The van der Waals surface area contributed by atoms with Crippen molar-refractivity contribution in [3.8, 4) is 22.8 Å². The molecule has 0 fully saturated rings. The molecule has 2 heterocycles. The highest BCUT2D eigenvalue weighted by Crippen LogP contribution is 2.36. The predicted molar refractivity (Wildman–Crippen MR) is 79.7 cm³/mol. The fourth-order valence-electron chi connectivity index (χ4n) is 2.20. The fraction of sp³-hybridized carbons (Fsp3) is 0.133. The maximum Gasteiger partial charge on any atom is 0.417 e. The van der Waals surface area contributed by atoms with E-state index in [4.69, 9.17) is 11.6 Å². The van der Waals surface area contributed by atoms with Crippen LogP contribution in [-0.4, -0.2) is 19.7 Å². The lowest BCUT2D eigenvalue weighted by Crippen LogP contribution is -2.09. The standard InChI is InChI=1S/C15H10ClF3N4/c1-23-14(10-8-20-7-6-11(10)15(17,18)19)21-13(22-23)9-4-2-3-5-12(9)16/h2-8H,1H3. The first kappa shape index (κ1) is 15.5. The van der Waals surface area contributed by atoms with Crippen molar-refractivity contribution >= 4 is 11.6 Å². The molecule has 0 N–H and O–H groups in total. The van der Waals surface area contributed by atoms with Crippen LogP contribution in [0.4, 0.5) is 13.2 Å². The van der Waals surface area contributed by atoms with Crippen molar-refractivity contribution in [3.63, 3.8) is 0 Å². The van der Waals surface area contributed by atoms with Gasteiger partial charge in [0, 0.05) is 30.6 Å². The average Bonchev–Trinajstić information content (AvgIpc) is 2.88. The van der Waals surface area contributed by atoms with Crippen LogP contribution in [-0.2, 0) is 13.2 Å². The van der Waals surface area contributed by atoms with Crippen LogP contribution < -0.4 is 0 Å². The molecule has 0 aliphatic heterocycles. The molecule has 0 atom stereocenters. The number of halogens is 4. The van der Waals surface area contributed by atoms with E-state index in [1.165, 1.54) is 11.7 Å². The first-order valence-corrected chi connectivity index (χ1v) is 6.93. The van der Waals surface area contributed by atoms with Gasteiger partial charge in [-0.1, -0.05) is 23.7 Å². The van der Waals surface area contributed by atoms with Crippen LogP contribution in [0, 0.1) is 0 Å². The molecule has 1 aromatic carbocycles. The molecule has 0 bridgehead atoms. The summed E-state index contributed by atoms with van der Waals surface area (Å²) in [7, 11) is 1.52. The molecule has 0 aliphatic carbocycles. The van der Waals surface area contributed by atoms with E-state index in [2.05, 4.69) is 15.1 Å². The van der Waals surface area contributed by atoms with Crippen molar-refractivity contribution in [2.45, 2.75) is 6.18 Å². The first-order chi connectivity index (χ1) is 10.9. The molecule has 0 saturated heterocycles. The van der Waals surface area contributed by atoms with Crippen molar-refractivity contribution in [1.82, 2.24) is 19.7 Å². The minimum Gasteiger partial charge on any atom is -0.264 e. The van der Waals surface area contributed by atoms with E-state index in [-0.39, 0.29) is 17.2 Å². The van der Waals surface area contributed by atoms with E-state index in [0.29, 0.717) is 10.6 Å². The van der Waals surface area contributed by atoms with Gasteiger partial charge in [0.05, 0.1) is 10.6 Å². The highest BCUT2D eigenvalue weighted by Gasteiger charge is 2.35. The van der Waals surface area contributed by atoms with Crippen LogP contribution >= 0.6 is 11.6 Å². The third kappa shape index (κ3) is 2.92. The third-order valence-corrected chi connectivity index (χ3v) is 3.57. The van der Waals surface area contributed by atoms with E-state index in [9.17, 15) is 13.2 Å². The van der Waals surface area contributed by atoms with Crippen LogP contribution in [0.25, 0.3) is 22.8 Å². The summed E-state index contributed by atoms with van der Waals surface area (Å²) in [6, 6.07) is 7.79. The molecule has 2 aromatic heterocycles. The van der Waals surface area contributed by atoms with Crippen molar-refractivity contribution in [1.29, 1.82) is 0 Å². The van der Waals surface area contributed by atoms with Crippen LogP contribution in [0.3, 0.4) is 0 Å². The predicted octanol–water partition coefficient (Wildman–Crippen LogP) is 4.22. The highest BCUT2D eigenvalue weighted by atomic mass is 35.5. The van der Waals surface area contributed by atoms with E-state index in [1.54, 1.807) is 24.3 Å². The summed E-state index contributed by atoms with van der Waals surface area (Å²) < 4.78 is 40.7. The Balaban J connectivity index is 2.16. The number of nitrogens with zero attached hydrogens (tertiary/aromatic N) is 4. The van der Waals surface area contributed by atoms with Crippen LogP contribution in [0.1, 0.15) is 5.56 Å². The van der Waals surface area contributed by atoms with Gasteiger partial charge >= 0.3 is 6.18 Å². The smallest absolute Gasteiger partial charge is 0.264 e. The summed E-state index contributed by atoms with van der Waals surface area (Å²) in [6.45, 7) is 0. The van der Waals surface area contributed by atoms with Crippen LogP contribution in [0.15, 0.2) is 42.7 Å². The highest BCUT2D eigenvalue weighted by molar-refractivity contribution is 6.33. The zero-order valence-electron chi connectivity index (χ0n) is 11.8. The summed E-state index contributed by atoms with van der Waals surface area (Å²) in [5.74, 6) is 0.324. The van der Waals surface area contributed by atoms with E-state index < -0.39 is 11.7 Å². The Hall–Kier alpha value is -2.41. The molecule has 118 valence electrons. The lowest BCUT2D eigenvalue weighted by molar-refractivity contribution is -0.137. The first-order valence-electron chi connectivity index (χ1n) is 6.55. The van der Waals surface area contributed by atoms with Crippen LogP contribution in [0.2, 0.25) is 5.02 Å². The van der Waals surface area contributed by atoms with Gasteiger partial charge in [0.25, 0.3) is 0 Å².